The van der Waals surface area contributed by atoms with E-state index in [1.54, 1.807) is 13.2 Å². The smallest absolute Gasteiger partial charge is 0.160 e. The second kappa shape index (κ2) is 5.43. The van der Waals surface area contributed by atoms with Gasteiger partial charge in [0.2, 0.25) is 0 Å². The van der Waals surface area contributed by atoms with E-state index >= 15 is 0 Å². The Balaban J connectivity index is 1.35. The number of methoxy groups -OCH3 is 1. The molecule has 3 unspecified atom stereocenters. The molecule has 1 spiro atoms. The first-order chi connectivity index (χ1) is 10.7. The van der Waals surface area contributed by atoms with Crippen LogP contribution in [0.5, 0.6) is 11.5 Å². The maximum Gasteiger partial charge on any atom is 0.160 e. The van der Waals surface area contributed by atoms with Gasteiger partial charge in [0.25, 0.3) is 0 Å². The molecule has 3 atom stereocenters. The van der Waals surface area contributed by atoms with Gasteiger partial charge in [0, 0.05) is 24.0 Å². The minimum atomic E-state index is 0.206. The molecule has 0 amide bonds. The van der Waals surface area contributed by atoms with E-state index in [1.165, 1.54) is 31.2 Å². The summed E-state index contributed by atoms with van der Waals surface area (Å²) in [7, 11) is 1.59. The minimum Gasteiger partial charge on any atom is -0.504 e. The normalized spacial score (nSPS) is 31.4. The largest absolute Gasteiger partial charge is 0.504 e. The molecule has 2 saturated carbocycles. The number of hydrogen-bond donors (Lipinski definition) is 2. The monoisotopic (exact) mass is 303 g/mol. The van der Waals surface area contributed by atoms with Crippen LogP contribution in [0.3, 0.4) is 0 Å². The summed E-state index contributed by atoms with van der Waals surface area (Å²) in [4.78, 5) is 0. The average Bonchev–Trinajstić information content (AvgIpc) is 2.88. The van der Waals surface area contributed by atoms with Crippen LogP contribution in [0.1, 0.15) is 31.2 Å². The van der Waals surface area contributed by atoms with E-state index in [9.17, 15) is 5.11 Å². The van der Waals surface area contributed by atoms with Crippen LogP contribution in [0, 0.1) is 11.3 Å². The van der Waals surface area contributed by atoms with Crippen LogP contribution in [0.25, 0.3) is 0 Å². The first kappa shape index (κ1) is 14.3. The predicted octanol–water partition coefficient (Wildman–Crippen LogP) is 2.49. The molecule has 2 aliphatic carbocycles. The molecule has 3 fully saturated rings. The van der Waals surface area contributed by atoms with Gasteiger partial charge < -0.3 is 19.9 Å². The van der Waals surface area contributed by atoms with Gasteiger partial charge in [0.1, 0.15) is 0 Å². The van der Waals surface area contributed by atoms with E-state index in [4.69, 9.17) is 9.47 Å². The summed E-state index contributed by atoms with van der Waals surface area (Å²) < 4.78 is 11.1. The number of phenolic OH excluding ortho intramolecular Hbond substituents is 1. The van der Waals surface area contributed by atoms with Crippen LogP contribution >= 0.6 is 0 Å². The predicted molar refractivity (Wildman–Crippen MR) is 84.3 cm³/mol. The summed E-state index contributed by atoms with van der Waals surface area (Å²) >= 11 is 0. The van der Waals surface area contributed by atoms with Gasteiger partial charge >= 0.3 is 0 Å². The quantitative estimate of drug-likeness (QED) is 0.877. The highest BCUT2D eigenvalue weighted by Crippen LogP contribution is 2.62. The van der Waals surface area contributed by atoms with Crippen molar-refractivity contribution in [2.24, 2.45) is 11.3 Å². The topological polar surface area (TPSA) is 50.7 Å². The Labute approximate surface area is 131 Å². The lowest BCUT2D eigenvalue weighted by Gasteiger charge is -2.63. The molecular formula is C18H25NO3. The molecule has 4 nitrogen and oxygen atoms in total. The summed E-state index contributed by atoms with van der Waals surface area (Å²) in [6, 6.07) is 6.26. The Bertz CT molecular complexity index is 555. The summed E-state index contributed by atoms with van der Waals surface area (Å²) in [5.74, 6) is 1.49. The highest BCUT2D eigenvalue weighted by molar-refractivity contribution is 5.41. The maximum atomic E-state index is 9.65. The highest BCUT2D eigenvalue weighted by Gasteiger charge is 2.66. The maximum absolute atomic E-state index is 9.65. The molecule has 1 heterocycles. The SMILES string of the molecule is COc1cc(CCNC2C3CCOC3C23CCC3)ccc1O. The molecule has 1 aromatic rings. The summed E-state index contributed by atoms with van der Waals surface area (Å²) in [6.45, 7) is 1.92. The summed E-state index contributed by atoms with van der Waals surface area (Å²) in [6.07, 6.45) is 6.74. The van der Waals surface area contributed by atoms with Gasteiger partial charge in [-0.1, -0.05) is 12.5 Å². The molecule has 1 aromatic carbocycles. The third-order valence-electron chi connectivity index (χ3n) is 6.06. The van der Waals surface area contributed by atoms with Crippen LogP contribution in [-0.2, 0) is 11.2 Å². The molecule has 0 bridgehead atoms. The molecule has 4 rings (SSSR count). The molecule has 22 heavy (non-hydrogen) atoms. The Hall–Kier alpha value is -1.26. The van der Waals surface area contributed by atoms with E-state index in [2.05, 4.69) is 5.32 Å². The number of rotatable bonds is 5. The fourth-order valence-corrected chi connectivity index (χ4v) is 4.81. The lowest BCUT2D eigenvalue weighted by atomic mass is 9.46. The third kappa shape index (κ3) is 2.04. The van der Waals surface area contributed by atoms with Gasteiger partial charge in [0.05, 0.1) is 13.2 Å². The Morgan fingerprint density at radius 3 is 3.00 bits per heavy atom. The summed E-state index contributed by atoms with van der Waals surface area (Å²) in [5.41, 5.74) is 1.65. The second-order valence-electron chi connectivity index (χ2n) is 7.02. The van der Waals surface area contributed by atoms with Crippen LogP contribution < -0.4 is 10.1 Å². The standard InChI is InChI=1S/C18H25NO3/c1-21-15-11-12(3-4-14(15)20)5-9-19-16-13-6-10-22-17(13)18(16)7-2-8-18/h3-4,11,13,16-17,19-20H,2,5-10H2,1H3. The molecular weight excluding hydrogens is 278 g/mol. The van der Waals surface area contributed by atoms with Crippen molar-refractivity contribution in [3.8, 4) is 11.5 Å². The summed E-state index contributed by atoms with van der Waals surface area (Å²) in [5, 5.41) is 13.5. The Kier molecular flexibility index (Phi) is 3.54. The Morgan fingerprint density at radius 2 is 2.27 bits per heavy atom. The van der Waals surface area contributed by atoms with E-state index in [0.717, 1.165) is 25.5 Å². The molecule has 1 aliphatic heterocycles. The van der Waals surface area contributed by atoms with Gasteiger partial charge in [-0.05, 0) is 49.9 Å². The van der Waals surface area contributed by atoms with Crippen LogP contribution in [0.4, 0.5) is 0 Å². The molecule has 2 N–H and O–H groups in total. The zero-order valence-electron chi connectivity index (χ0n) is 13.2. The number of ether oxygens (including phenoxy) is 2. The van der Waals surface area contributed by atoms with Gasteiger partial charge in [-0.25, -0.2) is 0 Å². The second-order valence-corrected chi connectivity index (χ2v) is 7.02. The van der Waals surface area contributed by atoms with E-state index in [0.29, 0.717) is 23.3 Å². The van der Waals surface area contributed by atoms with Gasteiger partial charge in [-0.15, -0.1) is 0 Å². The van der Waals surface area contributed by atoms with Gasteiger partial charge in [-0.2, -0.15) is 0 Å². The van der Waals surface area contributed by atoms with Gasteiger partial charge in [0.15, 0.2) is 11.5 Å². The molecule has 4 heteroatoms. The van der Waals surface area contributed by atoms with E-state index in [1.807, 2.05) is 12.1 Å². The molecule has 0 aromatic heterocycles. The lowest BCUT2D eigenvalue weighted by molar-refractivity contribution is -0.175. The number of hydrogen-bond acceptors (Lipinski definition) is 4. The van der Waals surface area contributed by atoms with E-state index < -0.39 is 0 Å². The zero-order chi connectivity index (χ0) is 15.2. The van der Waals surface area contributed by atoms with Crippen molar-refractivity contribution in [1.29, 1.82) is 0 Å². The highest BCUT2D eigenvalue weighted by atomic mass is 16.5. The number of aromatic hydroxyl groups is 1. The van der Waals surface area contributed by atoms with Crippen molar-refractivity contribution < 1.29 is 14.6 Å². The fourth-order valence-electron chi connectivity index (χ4n) is 4.81. The van der Waals surface area contributed by atoms with Crippen molar-refractivity contribution in [3.05, 3.63) is 23.8 Å². The van der Waals surface area contributed by atoms with Crippen LogP contribution in [0.2, 0.25) is 0 Å². The van der Waals surface area contributed by atoms with Crippen LogP contribution in [-0.4, -0.2) is 37.5 Å². The van der Waals surface area contributed by atoms with Crippen molar-refractivity contribution >= 4 is 0 Å². The molecule has 3 aliphatic rings. The van der Waals surface area contributed by atoms with E-state index in [-0.39, 0.29) is 5.75 Å². The van der Waals surface area contributed by atoms with Crippen LogP contribution in [0.15, 0.2) is 18.2 Å². The third-order valence-corrected chi connectivity index (χ3v) is 6.06. The number of phenols is 1. The first-order valence-electron chi connectivity index (χ1n) is 8.45. The zero-order valence-corrected chi connectivity index (χ0v) is 13.2. The number of benzene rings is 1. The first-order valence-corrected chi connectivity index (χ1v) is 8.45. The van der Waals surface area contributed by atoms with Crippen molar-refractivity contribution in [1.82, 2.24) is 5.32 Å². The fraction of sp³-hybridized carbons (Fsp3) is 0.667. The average molecular weight is 303 g/mol. The number of nitrogens with one attached hydrogen (secondary N) is 1. The van der Waals surface area contributed by atoms with Gasteiger partial charge in [-0.3, -0.25) is 0 Å². The minimum absolute atomic E-state index is 0.206. The molecule has 120 valence electrons. The lowest BCUT2D eigenvalue weighted by Crippen LogP contribution is -2.71. The molecule has 0 radical (unpaired) electrons. The number of fused-ring (bicyclic) bond motifs is 2. The Morgan fingerprint density at radius 1 is 1.41 bits per heavy atom. The van der Waals surface area contributed by atoms with Crippen molar-refractivity contribution in [2.45, 2.75) is 44.2 Å². The molecule has 1 saturated heterocycles. The van der Waals surface area contributed by atoms with Crippen molar-refractivity contribution in [3.63, 3.8) is 0 Å². The van der Waals surface area contributed by atoms with Crippen molar-refractivity contribution in [2.75, 3.05) is 20.3 Å².